The van der Waals surface area contributed by atoms with Crippen LogP contribution in [-0.2, 0) is 0 Å². The van der Waals surface area contributed by atoms with Crippen LogP contribution in [0.4, 0.5) is 10.1 Å². The summed E-state index contributed by atoms with van der Waals surface area (Å²) in [7, 11) is 0. The van der Waals surface area contributed by atoms with Crippen molar-refractivity contribution in [2.75, 3.05) is 5.32 Å². The SMILES string of the molecule is CCC(Nc1cncc(F)c1)c1ccccc1. The van der Waals surface area contributed by atoms with Crippen LogP contribution in [0, 0.1) is 5.82 Å². The number of aromatic nitrogens is 1. The highest BCUT2D eigenvalue weighted by Gasteiger charge is 2.08. The molecule has 0 saturated heterocycles. The Morgan fingerprint density at radius 3 is 2.65 bits per heavy atom. The molecule has 0 aliphatic heterocycles. The Labute approximate surface area is 101 Å². The lowest BCUT2D eigenvalue weighted by atomic mass is 10.0. The van der Waals surface area contributed by atoms with E-state index in [0.717, 1.165) is 6.42 Å². The molecule has 1 aromatic carbocycles. The Morgan fingerprint density at radius 2 is 2.00 bits per heavy atom. The molecule has 1 aromatic heterocycles. The molecular weight excluding hydrogens is 215 g/mol. The number of nitrogens with zero attached hydrogens (tertiary/aromatic N) is 1. The van der Waals surface area contributed by atoms with Crippen molar-refractivity contribution in [3.63, 3.8) is 0 Å². The highest BCUT2D eigenvalue weighted by molar-refractivity contribution is 5.43. The van der Waals surface area contributed by atoms with Gasteiger partial charge in [-0.05, 0) is 12.0 Å². The maximum absolute atomic E-state index is 13.0. The summed E-state index contributed by atoms with van der Waals surface area (Å²) >= 11 is 0. The Kier molecular flexibility index (Phi) is 3.70. The van der Waals surface area contributed by atoms with Crippen molar-refractivity contribution < 1.29 is 4.39 Å². The molecule has 2 aromatic rings. The van der Waals surface area contributed by atoms with Crippen molar-refractivity contribution in [1.82, 2.24) is 4.98 Å². The van der Waals surface area contributed by atoms with E-state index in [-0.39, 0.29) is 11.9 Å². The first-order valence-corrected chi connectivity index (χ1v) is 5.71. The summed E-state index contributed by atoms with van der Waals surface area (Å²) in [5.41, 5.74) is 1.90. The molecule has 0 radical (unpaired) electrons. The zero-order chi connectivity index (χ0) is 12.1. The van der Waals surface area contributed by atoms with Crippen LogP contribution in [-0.4, -0.2) is 4.98 Å². The minimum atomic E-state index is -0.321. The molecule has 1 heterocycles. The second-order valence-corrected chi connectivity index (χ2v) is 3.91. The lowest BCUT2D eigenvalue weighted by Gasteiger charge is -2.18. The molecule has 0 bridgehead atoms. The number of benzene rings is 1. The molecule has 0 aliphatic carbocycles. The van der Waals surface area contributed by atoms with Gasteiger partial charge in [0.25, 0.3) is 0 Å². The van der Waals surface area contributed by atoms with Crippen LogP contribution in [0.3, 0.4) is 0 Å². The van der Waals surface area contributed by atoms with Gasteiger partial charge in [-0.3, -0.25) is 4.98 Å². The lowest BCUT2D eigenvalue weighted by molar-refractivity contribution is 0.621. The molecular formula is C14H15FN2. The smallest absolute Gasteiger partial charge is 0.143 e. The maximum atomic E-state index is 13.0. The zero-order valence-electron chi connectivity index (χ0n) is 9.73. The van der Waals surface area contributed by atoms with Gasteiger partial charge < -0.3 is 5.32 Å². The molecule has 1 atom stereocenters. The third-order valence-corrected chi connectivity index (χ3v) is 2.66. The predicted octanol–water partition coefficient (Wildman–Crippen LogP) is 3.78. The van der Waals surface area contributed by atoms with Crippen LogP contribution >= 0.6 is 0 Å². The monoisotopic (exact) mass is 230 g/mol. The fourth-order valence-electron chi connectivity index (χ4n) is 1.80. The number of anilines is 1. The topological polar surface area (TPSA) is 24.9 Å². The Bertz CT molecular complexity index is 471. The summed E-state index contributed by atoms with van der Waals surface area (Å²) in [5.74, 6) is -0.321. The van der Waals surface area contributed by atoms with Gasteiger partial charge in [0.05, 0.1) is 24.1 Å². The fourth-order valence-corrected chi connectivity index (χ4v) is 1.80. The zero-order valence-corrected chi connectivity index (χ0v) is 9.73. The second-order valence-electron chi connectivity index (χ2n) is 3.91. The summed E-state index contributed by atoms with van der Waals surface area (Å²) < 4.78 is 13.0. The van der Waals surface area contributed by atoms with E-state index in [4.69, 9.17) is 0 Å². The van der Waals surface area contributed by atoms with E-state index in [0.29, 0.717) is 5.69 Å². The molecule has 1 N–H and O–H groups in total. The lowest BCUT2D eigenvalue weighted by Crippen LogP contribution is -2.09. The van der Waals surface area contributed by atoms with Crippen LogP contribution in [0.15, 0.2) is 48.8 Å². The van der Waals surface area contributed by atoms with E-state index in [1.807, 2.05) is 18.2 Å². The fraction of sp³-hybridized carbons (Fsp3) is 0.214. The van der Waals surface area contributed by atoms with Crippen LogP contribution in [0.1, 0.15) is 24.9 Å². The minimum absolute atomic E-state index is 0.180. The third-order valence-electron chi connectivity index (χ3n) is 2.66. The number of halogens is 1. The van der Waals surface area contributed by atoms with Crippen molar-refractivity contribution >= 4 is 5.69 Å². The maximum Gasteiger partial charge on any atom is 0.143 e. The largest absolute Gasteiger partial charge is 0.377 e. The quantitative estimate of drug-likeness (QED) is 0.864. The van der Waals surface area contributed by atoms with Crippen molar-refractivity contribution in [3.05, 3.63) is 60.2 Å². The number of nitrogens with one attached hydrogen (secondary N) is 1. The predicted molar refractivity (Wildman–Crippen MR) is 67.3 cm³/mol. The molecule has 0 saturated carbocycles. The van der Waals surface area contributed by atoms with E-state index >= 15 is 0 Å². The molecule has 1 unspecified atom stereocenters. The summed E-state index contributed by atoms with van der Waals surface area (Å²) in [6, 6.07) is 11.8. The van der Waals surface area contributed by atoms with Crippen LogP contribution in [0.2, 0.25) is 0 Å². The van der Waals surface area contributed by atoms with Crippen LogP contribution < -0.4 is 5.32 Å². The third kappa shape index (κ3) is 3.03. The Morgan fingerprint density at radius 1 is 1.24 bits per heavy atom. The molecule has 2 rings (SSSR count). The standard InChI is InChI=1S/C14H15FN2/c1-2-14(11-6-4-3-5-7-11)17-13-8-12(15)9-16-10-13/h3-10,14,17H,2H2,1H3. The van der Waals surface area contributed by atoms with Gasteiger partial charge in [-0.2, -0.15) is 0 Å². The minimum Gasteiger partial charge on any atom is -0.377 e. The number of hydrogen-bond acceptors (Lipinski definition) is 2. The molecule has 17 heavy (non-hydrogen) atoms. The number of rotatable bonds is 4. The van der Waals surface area contributed by atoms with Crippen molar-refractivity contribution in [1.29, 1.82) is 0 Å². The molecule has 0 amide bonds. The van der Waals surface area contributed by atoms with Gasteiger partial charge in [-0.1, -0.05) is 37.3 Å². The molecule has 0 spiro atoms. The molecule has 0 aliphatic rings. The average molecular weight is 230 g/mol. The number of hydrogen-bond donors (Lipinski definition) is 1. The van der Waals surface area contributed by atoms with E-state index in [1.54, 1.807) is 6.20 Å². The molecule has 3 heteroatoms. The summed E-state index contributed by atoms with van der Waals surface area (Å²) in [6.45, 7) is 2.09. The van der Waals surface area contributed by atoms with E-state index < -0.39 is 0 Å². The van der Waals surface area contributed by atoms with Crippen LogP contribution in [0.5, 0.6) is 0 Å². The van der Waals surface area contributed by atoms with E-state index in [1.165, 1.54) is 17.8 Å². The average Bonchev–Trinajstić information content (AvgIpc) is 2.37. The molecule has 88 valence electrons. The van der Waals surface area contributed by atoms with E-state index in [9.17, 15) is 4.39 Å². The van der Waals surface area contributed by atoms with Gasteiger partial charge in [0, 0.05) is 6.07 Å². The van der Waals surface area contributed by atoms with E-state index in [2.05, 4.69) is 29.4 Å². The Balaban J connectivity index is 2.16. The van der Waals surface area contributed by atoms with Gasteiger partial charge in [0.15, 0.2) is 0 Å². The summed E-state index contributed by atoms with van der Waals surface area (Å²) in [4.78, 5) is 3.83. The van der Waals surface area contributed by atoms with Gasteiger partial charge in [0.1, 0.15) is 5.82 Å². The first-order valence-electron chi connectivity index (χ1n) is 5.71. The first kappa shape index (κ1) is 11.6. The first-order chi connectivity index (χ1) is 8.29. The highest BCUT2D eigenvalue weighted by Crippen LogP contribution is 2.21. The highest BCUT2D eigenvalue weighted by atomic mass is 19.1. The summed E-state index contributed by atoms with van der Waals surface area (Å²) in [5, 5.41) is 3.28. The van der Waals surface area contributed by atoms with Crippen LogP contribution in [0.25, 0.3) is 0 Å². The molecule has 2 nitrogen and oxygen atoms in total. The van der Waals surface area contributed by atoms with Crippen molar-refractivity contribution in [3.8, 4) is 0 Å². The Hall–Kier alpha value is -1.90. The van der Waals surface area contributed by atoms with Crippen molar-refractivity contribution in [2.24, 2.45) is 0 Å². The van der Waals surface area contributed by atoms with Gasteiger partial charge in [-0.25, -0.2) is 4.39 Å². The van der Waals surface area contributed by atoms with Gasteiger partial charge in [-0.15, -0.1) is 0 Å². The van der Waals surface area contributed by atoms with Gasteiger partial charge in [0.2, 0.25) is 0 Å². The molecule has 0 fully saturated rings. The normalized spacial score (nSPS) is 12.1. The number of pyridine rings is 1. The second kappa shape index (κ2) is 5.43. The summed E-state index contributed by atoms with van der Waals surface area (Å²) in [6.07, 6.45) is 3.77. The van der Waals surface area contributed by atoms with Gasteiger partial charge >= 0.3 is 0 Å². The van der Waals surface area contributed by atoms with Crippen molar-refractivity contribution in [2.45, 2.75) is 19.4 Å².